The molecule has 0 aromatic heterocycles. The molecule has 0 fully saturated rings. The second kappa shape index (κ2) is 6.38. The Morgan fingerprint density at radius 3 is 1.65 bits per heavy atom. The third-order valence-corrected chi connectivity index (χ3v) is 7.63. The Morgan fingerprint density at radius 1 is 0.739 bits per heavy atom. The van der Waals surface area contributed by atoms with Crippen molar-refractivity contribution in [1.82, 2.24) is 0 Å². The third kappa shape index (κ3) is 2.89. The molecule has 1 nitrogen and oxygen atoms in total. The maximum absolute atomic E-state index is 14.0. The Bertz CT molecular complexity index is 839. The van der Waals surface area contributed by atoms with Crippen molar-refractivity contribution in [1.29, 1.82) is 0 Å². The lowest BCUT2D eigenvalue weighted by Gasteiger charge is -2.21. The summed E-state index contributed by atoms with van der Waals surface area (Å²) in [5.74, 6) is -2.00. The van der Waals surface area contributed by atoms with E-state index in [1.165, 1.54) is 0 Å². The summed E-state index contributed by atoms with van der Waals surface area (Å²) in [5.41, 5.74) is 0. The second-order valence-electron chi connectivity index (χ2n) is 5.00. The minimum Gasteiger partial charge on any atom is -0.309 e. The van der Waals surface area contributed by atoms with E-state index in [1.807, 2.05) is 12.1 Å². The lowest BCUT2D eigenvalue weighted by atomic mass is 10.3. The van der Waals surface area contributed by atoms with Crippen molar-refractivity contribution < 1.29 is 13.3 Å². The summed E-state index contributed by atoms with van der Waals surface area (Å²) in [5, 5.41) is 1.38. The zero-order chi connectivity index (χ0) is 16.4. The smallest absolute Gasteiger partial charge is 0.172 e. The van der Waals surface area contributed by atoms with Crippen molar-refractivity contribution in [3.63, 3.8) is 0 Å². The Labute approximate surface area is 141 Å². The largest absolute Gasteiger partial charge is 0.309 e. The Morgan fingerprint density at radius 2 is 1.17 bits per heavy atom. The highest BCUT2D eigenvalue weighted by Crippen LogP contribution is 2.44. The van der Waals surface area contributed by atoms with Crippen LogP contribution in [0.3, 0.4) is 0 Å². The summed E-state index contributed by atoms with van der Waals surface area (Å²) in [6.45, 7) is 0. The van der Waals surface area contributed by atoms with Crippen LogP contribution in [0.25, 0.3) is 0 Å². The van der Waals surface area contributed by atoms with Gasteiger partial charge < -0.3 is 4.57 Å². The fourth-order valence-corrected chi connectivity index (χ4v) is 6.22. The Balaban J connectivity index is 2.35. The first-order chi connectivity index (χ1) is 11.0. The van der Waals surface area contributed by atoms with Gasteiger partial charge in [-0.25, -0.2) is 8.78 Å². The van der Waals surface area contributed by atoms with E-state index in [-0.39, 0.29) is 9.78 Å². The van der Waals surface area contributed by atoms with Crippen LogP contribution in [0, 0.1) is 11.6 Å². The molecule has 3 rings (SSSR count). The van der Waals surface area contributed by atoms with Crippen LogP contribution >= 0.6 is 23.1 Å². The van der Waals surface area contributed by atoms with Gasteiger partial charge in [-0.2, -0.15) is 0 Å². The Hall–Kier alpha value is -1.77. The summed E-state index contributed by atoms with van der Waals surface area (Å²) in [4.78, 5) is 0. The van der Waals surface area contributed by atoms with Crippen LogP contribution in [0.4, 0.5) is 8.78 Å². The highest BCUT2D eigenvalue weighted by Gasteiger charge is 2.32. The highest BCUT2D eigenvalue weighted by atomic mass is 79.9. The Kier molecular flexibility index (Phi) is 4.47. The van der Waals surface area contributed by atoms with E-state index in [2.05, 4.69) is 15.9 Å². The molecule has 0 bridgehead atoms. The molecule has 0 amide bonds. The number of rotatable bonds is 3. The van der Waals surface area contributed by atoms with Gasteiger partial charge in [-0.1, -0.05) is 60.7 Å². The van der Waals surface area contributed by atoms with Crippen molar-refractivity contribution in [3.8, 4) is 0 Å². The third-order valence-electron chi connectivity index (χ3n) is 3.57. The highest BCUT2D eigenvalue weighted by molar-refractivity contribution is 9.10. The normalized spacial score (nSPS) is 11.4. The first kappa shape index (κ1) is 16.1. The lowest BCUT2D eigenvalue weighted by molar-refractivity contribution is 0.508. The predicted octanol–water partition coefficient (Wildman–Crippen LogP) is 4.37. The first-order valence-corrected chi connectivity index (χ1v) is 9.40. The van der Waals surface area contributed by atoms with Gasteiger partial charge in [-0.05, 0) is 28.1 Å². The van der Waals surface area contributed by atoms with Crippen LogP contribution in [-0.4, -0.2) is 0 Å². The number of hydrogen-bond donors (Lipinski definition) is 0. The predicted molar refractivity (Wildman–Crippen MR) is 93.5 cm³/mol. The van der Waals surface area contributed by atoms with E-state index < -0.39 is 18.8 Å². The standard InChI is InChI=1S/C18H12BrF2OP/c19-15-11-16(20)17(21)12-18(15)23(22,13-7-3-1-4-8-13)14-9-5-2-6-10-14/h1-12H. The fraction of sp³-hybridized carbons (Fsp3) is 0. The van der Waals surface area contributed by atoms with Gasteiger partial charge in [0.25, 0.3) is 0 Å². The van der Waals surface area contributed by atoms with Crippen LogP contribution in [0.2, 0.25) is 0 Å². The molecule has 3 aromatic rings. The van der Waals surface area contributed by atoms with Gasteiger partial charge in [0.1, 0.15) is 0 Å². The van der Waals surface area contributed by atoms with E-state index >= 15 is 0 Å². The molecule has 116 valence electrons. The summed E-state index contributed by atoms with van der Waals surface area (Å²) in [6.07, 6.45) is 0. The molecule has 0 aliphatic heterocycles. The monoisotopic (exact) mass is 392 g/mol. The SMILES string of the molecule is O=P(c1ccccc1)(c1ccccc1)c1cc(F)c(F)cc1Br. The first-order valence-electron chi connectivity index (χ1n) is 6.90. The van der Waals surface area contributed by atoms with E-state index in [0.29, 0.717) is 10.6 Å². The van der Waals surface area contributed by atoms with Crippen LogP contribution in [0.5, 0.6) is 0 Å². The molecule has 0 saturated carbocycles. The minimum absolute atomic E-state index is 0.244. The van der Waals surface area contributed by atoms with Crippen LogP contribution in [0.15, 0.2) is 77.3 Å². The molecule has 23 heavy (non-hydrogen) atoms. The van der Waals surface area contributed by atoms with Crippen molar-refractivity contribution >= 4 is 39.0 Å². The van der Waals surface area contributed by atoms with Crippen molar-refractivity contribution in [2.75, 3.05) is 0 Å². The van der Waals surface area contributed by atoms with Gasteiger partial charge in [0.2, 0.25) is 0 Å². The van der Waals surface area contributed by atoms with Crippen LogP contribution in [0.1, 0.15) is 0 Å². The van der Waals surface area contributed by atoms with E-state index in [1.54, 1.807) is 48.5 Å². The maximum Gasteiger partial charge on any atom is 0.172 e. The summed E-state index contributed by atoms with van der Waals surface area (Å²) in [7, 11) is -3.31. The van der Waals surface area contributed by atoms with Crippen LogP contribution in [-0.2, 0) is 4.57 Å². The van der Waals surface area contributed by atoms with E-state index in [0.717, 1.165) is 12.1 Å². The number of halogens is 3. The second-order valence-corrected chi connectivity index (χ2v) is 8.59. The summed E-state index contributed by atoms with van der Waals surface area (Å²) < 4.78 is 41.5. The molecular weight excluding hydrogens is 381 g/mol. The van der Waals surface area contributed by atoms with E-state index in [4.69, 9.17) is 0 Å². The van der Waals surface area contributed by atoms with Gasteiger partial charge in [-0.3, -0.25) is 0 Å². The molecule has 0 aliphatic rings. The molecule has 0 unspecified atom stereocenters. The van der Waals surface area contributed by atoms with Gasteiger partial charge >= 0.3 is 0 Å². The van der Waals surface area contributed by atoms with Gasteiger partial charge in [0.15, 0.2) is 18.8 Å². The molecule has 0 atom stereocenters. The topological polar surface area (TPSA) is 17.1 Å². The molecule has 0 radical (unpaired) electrons. The molecule has 0 saturated heterocycles. The van der Waals surface area contributed by atoms with Crippen molar-refractivity contribution in [2.24, 2.45) is 0 Å². The molecule has 0 spiro atoms. The number of hydrogen-bond acceptors (Lipinski definition) is 1. The van der Waals surface area contributed by atoms with Crippen molar-refractivity contribution in [2.45, 2.75) is 0 Å². The maximum atomic E-state index is 14.0. The lowest BCUT2D eigenvalue weighted by Crippen LogP contribution is -2.26. The molecule has 5 heteroatoms. The summed E-state index contributed by atoms with van der Waals surface area (Å²) in [6, 6.07) is 19.7. The van der Waals surface area contributed by atoms with Crippen LogP contribution < -0.4 is 15.9 Å². The van der Waals surface area contributed by atoms with Gasteiger partial charge in [0, 0.05) is 20.4 Å². The number of benzene rings is 3. The average molecular weight is 393 g/mol. The molecule has 0 N–H and O–H groups in total. The zero-order valence-electron chi connectivity index (χ0n) is 11.9. The van der Waals surface area contributed by atoms with E-state index in [9.17, 15) is 13.3 Å². The summed E-state index contributed by atoms with van der Waals surface area (Å²) >= 11 is 3.23. The quantitative estimate of drug-likeness (QED) is 0.477. The minimum atomic E-state index is -3.31. The molecule has 3 aromatic carbocycles. The molecular formula is C18H12BrF2OP. The fourth-order valence-electron chi connectivity index (χ4n) is 2.46. The van der Waals surface area contributed by atoms with Crippen molar-refractivity contribution in [3.05, 3.63) is 88.9 Å². The molecule has 0 heterocycles. The van der Waals surface area contributed by atoms with Gasteiger partial charge in [0.05, 0.1) is 0 Å². The van der Waals surface area contributed by atoms with Gasteiger partial charge in [-0.15, -0.1) is 0 Å². The molecule has 0 aliphatic carbocycles. The zero-order valence-corrected chi connectivity index (χ0v) is 14.4. The average Bonchev–Trinajstić information content (AvgIpc) is 2.59.